The van der Waals surface area contributed by atoms with E-state index in [1.54, 1.807) is 0 Å². The fourth-order valence-corrected chi connectivity index (χ4v) is 1.14. The van der Waals surface area contributed by atoms with Gasteiger partial charge in [0.25, 0.3) is 0 Å². The Morgan fingerprint density at radius 1 is 1.29 bits per heavy atom. The molecule has 0 amide bonds. The smallest absolute Gasteiger partial charge is 0.305 e. The van der Waals surface area contributed by atoms with Crippen molar-refractivity contribution in [2.75, 3.05) is 0 Å². The lowest BCUT2D eigenvalue weighted by atomic mass is 10.0. The molecular weight excluding hydrogens is 186 g/mol. The standard InChI is InChI=1S/C9H11NO4/c10-8(4-9(13)14)5-1-6(11)3-7(12)2-5/h1-3,8,11-12H,4,10H2,(H,13,14). The maximum atomic E-state index is 10.3. The highest BCUT2D eigenvalue weighted by atomic mass is 16.4. The van der Waals surface area contributed by atoms with Crippen molar-refractivity contribution in [1.29, 1.82) is 0 Å². The van der Waals surface area contributed by atoms with Crippen molar-refractivity contribution >= 4 is 5.97 Å². The van der Waals surface area contributed by atoms with Crippen molar-refractivity contribution in [3.8, 4) is 11.5 Å². The normalized spacial score (nSPS) is 12.4. The van der Waals surface area contributed by atoms with E-state index in [4.69, 9.17) is 21.1 Å². The number of carboxylic acids is 1. The average molecular weight is 197 g/mol. The van der Waals surface area contributed by atoms with Crippen LogP contribution in [-0.4, -0.2) is 21.3 Å². The van der Waals surface area contributed by atoms with Crippen LogP contribution in [0.15, 0.2) is 18.2 Å². The first-order valence-corrected chi connectivity index (χ1v) is 3.99. The summed E-state index contributed by atoms with van der Waals surface area (Å²) >= 11 is 0. The van der Waals surface area contributed by atoms with Crippen LogP contribution >= 0.6 is 0 Å². The van der Waals surface area contributed by atoms with E-state index in [9.17, 15) is 4.79 Å². The Balaban J connectivity index is 2.89. The highest BCUT2D eigenvalue weighted by Gasteiger charge is 2.12. The van der Waals surface area contributed by atoms with E-state index in [1.165, 1.54) is 12.1 Å². The molecule has 0 saturated heterocycles. The molecule has 0 bridgehead atoms. The summed E-state index contributed by atoms with van der Waals surface area (Å²) < 4.78 is 0. The molecule has 1 atom stereocenters. The Morgan fingerprint density at radius 3 is 2.21 bits per heavy atom. The van der Waals surface area contributed by atoms with Gasteiger partial charge >= 0.3 is 5.97 Å². The minimum atomic E-state index is -1.03. The average Bonchev–Trinajstić information content (AvgIpc) is 2.00. The molecule has 0 spiro atoms. The lowest BCUT2D eigenvalue weighted by Gasteiger charge is -2.09. The minimum Gasteiger partial charge on any atom is -0.508 e. The lowest BCUT2D eigenvalue weighted by Crippen LogP contribution is -2.14. The highest BCUT2D eigenvalue weighted by molar-refractivity contribution is 5.68. The Hall–Kier alpha value is -1.75. The number of rotatable bonds is 3. The molecule has 5 N–H and O–H groups in total. The van der Waals surface area contributed by atoms with Crippen LogP contribution in [0, 0.1) is 0 Å². The number of carbonyl (C=O) groups is 1. The lowest BCUT2D eigenvalue weighted by molar-refractivity contribution is -0.137. The van der Waals surface area contributed by atoms with Crippen LogP contribution < -0.4 is 5.73 Å². The van der Waals surface area contributed by atoms with E-state index in [0.717, 1.165) is 6.07 Å². The monoisotopic (exact) mass is 197 g/mol. The van der Waals surface area contributed by atoms with E-state index < -0.39 is 12.0 Å². The maximum absolute atomic E-state index is 10.3. The minimum absolute atomic E-state index is 0.138. The first-order valence-electron chi connectivity index (χ1n) is 3.99. The number of hydrogen-bond donors (Lipinski definition) is 4. The zero-order valence-corrected chi connectivity index (χ0v) is 7.34. The molecule has 76 valence electrons. The molecule has 0 aromatic heterocycles. The number of aliphatic carboxylic acids is 1. The molecule has 1 aromatic rings. The second-order valence-corrected chi connectivity index (χ2v) is 2.99. The molecule has 14 heavy (non-hydrogen) atoms. The SMILES string of the molecule is NC(CC(=O)O)c1cc(O)cc(O)c1. The van der Waals surface area contributed by atoms with E-state index in [1.807, 2.05) is 0 Å². The molecule has 0 radical (unpaired) electrons. The van der Waals surface area contributed by atoms with Gasteiger partial charge in [0, 0.05) is 12.1 Å². The summed E-state index contributed by atoms with van der Waals surface area (Å²) in [7, 11) is 0. The third-order valence-electron chi connectivity index (χ3n) is 1.75. The second-order valence-electron chi connectivity index (χ2n) is 2.99. The topological polar surface area (TPSA) is 104 Å². The Labute approximate surface area is 80.4 Å². The van der Waals surface area contributed by atoms with Gasteiger partial charge in [0.2, 0.25) is 0 Å². The van der Waals surface area contributed by atoms with Crippen LogP contribution in [0.4, 0.5) is 0 Å². The van der Waals surface area contributed by atoms with Crippen LogP contribution in [0.1, 0.15) is 18.0 Å². The fourth-order valence-electron chi connectivity index (χ4n) is 1.14. The summed E-state index contributed by atoms with van der Waals surface area (Å²) in [6, 6.07) is 3.07. The van der Waals surface area contributed by atoms with Crippen molar-refractivity contribution < 1.29 is 20.1 Å². The molecule has 0 fully saturated rings. The molecule has 5 heteroatoms. The van der Waals surface area contributed by atoms with E-state index in [2.05, 4.69) is 0 Å². The summed E-state index contributed by atoms with van der Waals surface area (Å²) in [5, 5.41) is 26.7. The van der Waals surface area contributed by atoms with Gasteiger partial charge in [-0.3, -0.25) is 4.79 Å². The van der Waals surface area contributed by atoms with Crippen LogP contribution in [0.5, 0.6) is 11.5 Å². The molecule has 0 aliphatic heterocycles. The Kier molecular flexibility index (Phi) is 2.93. The van der Waals surface area contributed by atoms with Crippen LogP contribution in [0.25, 0.3) is 0 Å². The van der Waals surface area contributed by atoms with Gasteiger partial charge in [-0.2, -0.15) is 0 Å². The van der Waals surface area contributed by atoms with Gasteiger partial charge in [0.1, 0.15) is 11.5 Å². The van der Waals surface area contributed by atoms with E-state index >= 15 is 0 Å². The quantitative estimate of drug-likeness (QED) is 0.567. The second kappa shape index (κ2) is 3.97. The van der Waals surface area contributed by atoms with Gasteiger partial charge in [-0.15, -0.1) is 0 Å². The molecular formula is C9H11NO4. The number of benzene rings is 1. The first-order chi connectivity index (χ1) is 6.49. The molecule has 1 rings (SSSR count). The number of aromatic hydroxyl groups is 2. The number of nitrogens with two attached hydrogens (primary N) is 1. The fraction of sp³-hybridized carbons (Fsp3) is 0.222. The van der Waals surface area contributed by atoms with Crippen molar-refractivity contribution in [3.05, 3.63) is 23.8 Å². The summed E-state index contributed by atoms with van der Waals surface area (Å²) in [4.78, 5) is 10.3. The zero-order chi connectivity index (χ0) is 10.7. The Morgan fingerprint density at radius 2 is 1.79 bits per heavy atom. The van der Waals surface area contributed by atoms with E-state index in [-0.39, 0.29) is 17.9 Å². The number of carboxylic acid groups (broad SMARTS) is 1. The van der Waals surface area contributed by atoms with Gasteiger partial charge in [-0.1, -0.05) is 0 Å². The largest absolute Gasteiger partial charge is 0.508 e. The van der Waals surface area contributed by atoms with Crippen molar-refractivity contribution in [2.45, 2.75) is 12.5 Å². The highest BCUT2D eigenvalue weighted by Crippen LogP contribution is 2.25. The van der Waals surface area contributed by atoms with Gasteiger partial charge in [0.15, 0.2) is 0 Å². The molecule has 1 aromatic carbocycles. The number of phenols is 2. The van der Waals surface area contributed by atoms with Gasteiger partial charge < -0.3 is 21.1 Å². The molecule has 0 aliphatic rings. The molecule has 0 saturated carbocycles. The van der Waals surface area contributed by atoms with Crippen LogP contribution in [0.2, 0.25) is 0 Å². The summed E-state index contributed by atoms with van der Waals surface area (Å²) in [6.45, 7) is 0. The van der Waals surface area contributed by atoms with Crippen molar-refractivity contribution in [1.82, 2.24) is 0 Å². The maximum Gasteiger partial charge on any atom is 0.305 e. The van der Waals surface area contributed by atoms with Crippen molar-refractivity contribution in [2.24, 2.45) is 5.73 Å². The third-order valence-corrected chi connectivity index (χ3v) is 1.75. The van der Waals surface area contributed by atoms with Crippen molar-refractivity contribution in [3.63, 3.8) is 0 Å². The summed E-state index contributed by atoms with van der Waals surface area (Å²) in [6.07, 6.45) is -0.247. The first kappa shape index (κ1) is 10.3. The molecule has 1 unspecified atom stereocenters. The molecule has 5 nitrogen and oxygen atoms in total. The third kappa shape index (κ3) is 2.63. The van der Waals surface area contributed by atoms with E-state index in [0.29, 0.717) is 5.56 Å². The predicted molar refractivity (Wildman–Crippen MR) is 49.0 cm³/mol. The van der Waals surface area contributed by atoms with Gasteiger partial charge in [-0.25, -0.2) is 0 Å². The van der Waals surface area contributed by atoms with Crippen LogP contribution in [0.3, 0.4) is 0 Å². The summed E-state index contributed by atoms with van der Waals surface area (Å²) in [5.41, 5.74) is 5.92. The predicted octanol–water partition coefficient (Wildman–Crippen LogP) is 0.572. The van der Waals surface area contributed by atoms with Gasteiger partial charge in [-0.05, 0) is 17.7 Å². The summed E-state index contributed by atoms with van der Waals surface area (Å²) in [5.74, 6) is -1.30. The molecule has 0 heterocycles. The van der Waals surface area contributed by atoms with Gasteiger partial charge in [0.05, 0.1) is 6.42 Å². The number of phenolic OH excluding ortho intramolecular Hbond substituents is 2. The Bertz CT molecular complexity index is 330. The molecule has 0 aliphatic carbocycles. The number of hydrogen-bond acceptors (Lipinski definition) is 4. The van der Waals surface area contributed by atoms with Crippen LogP contribution in [-0.2, 0) is 4.79 Å². The zero-order valence-electron chi connectivity index (χ0n) is 7.34.